The van der Waals surface area contributed by atoms with Gasteiger partial charge in [0.25, 0.3) is 11.1 Å². The van der Waals surface area contributed by atoms with Gasteiger partial charge in [-0.05, 0) is 63.1 Å². The van der Waals surface area contributed by atoms with E-state index < -0.39 is 11.2 Å². The van der Waals surface area contributed by atoms with Gasteiger partial charge in [-0.3, -0.25) is 9.59 Å². The second-order valence-corrected chi connectivity index (χ2v) is 11.2. The van der Waals surface area contributed by atoms with Gasteiger partial charge >= 0.3 is 0 Å². The molecular formula is C30H28N2O4. The first kappa shape index (κ1) is 21.5. The molecule has 6 nitrogen and oxygen atoms in total. The molecule has 182 valence electrons. The summed E-state index contributed by atoms with van der Waals surface area (Å²) in [5.74, 6) is 0.956. The fourth-order valence-corrected chi connectivity index (χ4v) is 6.99. The maximum Gasteiger partial charge on any atom is 0.262 e. The van der Waals surface area contributed by atoms with Crippen molar-refractivity contribution in [2.75, 3.05) is 0 Å². The second-order valence-electron chi connectivity index (χ2n) is 11.2. The number of aromatic nitrogens is 2. The highest BCUT2D eigenvalue weighted by molar-refractivity contribution is 5.94. The van der Waals surface area contributed by atoms with E-state index in [-0.39, 0.29) is 23.0 Å². The number of para-hydroxylation sites is 2. The van der Waals surface area contributed by atoms with Crippen molar-refractivity contribution in [2.24, 2.45) is 20.0 Å². The molecule has 0 unspecified atom stereocenters. The molecule has 4 aromatic rings. The largest absolute Gasteiger partial charge is 0.486 e. The summed E-state index contributed by atoms with van der Waals surface area (Å²) >= 11 is 0. The van der Waals surface area contributed by atoms with E-state index in [1.165, 1.54) is 0 Å². The van der Waals surface area contributed by atoms with E-state index in [1.54, 1.807) is 16.2 Å². The molecule has 3 aliphatic rings. The molecule has 0 fully saturated rings. The lowest BCUT2D eigenvalue weighted by atomic mass is 9.61. The zero-order chi connectivity index (χ0) is 25.1. The van der Waals surface area contributed by atoms with Crippen molar-refractivity contribution in [3.8, 4) is 11.5 Å². The normalized spacial score (nSPS) is 25.3. The monoisotopic (exact) mass is 480 g/mol. The summed E-state index contributed by atoms with van der Waals surface area (Å²) in [6.07, 6.45) is 2.78. The van der Waals surface area contributed by atoms with Crippen LogP contribution in [0.4, 0.5) is 0 Å². The van der Waals surface area contributed by atoms with Crippen molar-refractivity contribution in [1.29, 1.82) is 0 Å². The molecular weight excluding hydrogens is 452 g/mol. The molecule has 1 aliphatic carbocycles. The van der Waals surface area contributed by atoms with Crippen molar-refractivity contribution in [2.45, 2.75) is 44.3 Å². The fourth-order valence-electron chi connectivity index (χ4n) is 6.99. The number of pyridine rings is 2. The van der Waals surface area contributed by atoms with Crippen LogP contribution in [0.3, 0.4) is 0 Å². The predicted molar refractivity (Wildman–Crippen MR) is 141 cm³/mol. The SMILES string of the molecule is Cn1c(=O)c2c(c3ccccc31)OC(C)(C)[C@H]1C2=C[C@@]2(C)C[C@@H]1c1c(c3ccccc3n(C)c1=O)O2. The minimum absolute atomic E-state index is 0.0509. The fraction of sp³-hybridized carbons (Fsp3) is 0.333. The van der Waals surface area contributed by atoms with E-state index in [2.05, 4.69) is 26.8 Å². The smallest absolute Gasteiger partial charge is 0.262 e. The predicted octanol–water partition coefficient (Wildman–Crippen LogP) is 4.90. The van der Waals surface area contributed by atoms with Crippen LogP contribution in [-0.4, -0.2) is 20.3 Å². The van der Waals surface area contributed by atoms with Crippen LogP contribution in [0.5, 0.6) is 11.5 Å². The van der Waals surface area contributed by atoms with Crippen molar-refractivity contribution >= 4 is 27.4 Å². The average Bonchev–Trinajstić information content (AvgIpc) is 2.84. The molecule has 2 aromatic carbocycles. The molecule has 3 atom stereocenters. The Morgan fingerprint density at radius 3 is 2.06 bits per heavy atom. The molecule has 7 rings (SSSR count). The quantitative estimate of drug-likeness (QED) is 0.359. The molecule has 0 radical (unpaired) electrons. The number of benzene rings is 2. The molecule has 2 aliphatic heterocycles. The highest BCUT2D eigenvalue weighted by atomic mass is 16.5. The number of ether oxygens (including phenoxy) is 2. The van der Waals surface area contributed by atoms with Gasteiger partial charge in [-0.15, -0.1) is 0 Å². The minimum Gasteiger partial charge on any atom is -0.486 e. The second kappa shape index (κ2) is 6.69. The van der Waals surface area contributed by atoms with E-state index >= 15 is 0 Å². The summed E-state index contributed by atoms with van der Waals surface area (Å²) in [5, 5.41) is 1.84. The molecule has 0 saturated heterocycles. The number of rotatable bonds is 0. The molecule has 2 aromatic heterocycles. The number of fused-ring (bicyclic) bond motifs is 12. The van der Waals surface area contributed by atoms with Crippen LogP contribution in [0.2, 0.25) is 0 Å². The highest BCUT2D eigenvalue weighted by Crippen LogP contribution is 2.59. The standard InChI is InChI=1S/C30H28N2O4/c1-29(2)24-18(22-25(35-29)16-10-6-8-12-20(16)31(4)27(22)33)14-30(3)15-19(24)23-26(36-30)17-11-7-9-13-21(17)32(5)28(23)34/h6-14,19,24H,15H2,1-5H3/t19-,24+,30+/m1/s1. The summed E-state index contributed by atoms with van der Waals surface area (Å²) in [5.41, 5.74) is 2.43. The lowest BCUT2D eigenvalue weighted by Crippen LogP contribution is -2.54. The summed E-state index contributed by atoms with van der Waals surface area (Å²) in [4.78, 5) is 27.6. The van der Waals surface area contributed by atoms with Gasteiger partial charge in [0.05, 0.1) is 22.2 Å². The van der Waals surface area contributed by atoms with Crippen LogP contribution in [0.15, 0.2) is 64.2 Å². The minimum atomic E-state index is -0.653. The van der Waals surface area contributed by atoms with Crippen LogP contribution in [0.25, 0.3) is 27.4 Å². The number of hydrogen-bond acceptors (Lipinski definition) is 4. The third kappa shape index (κ3) is 2.56. The van der Waals surface area contributed by atoms with Crippen LogP contribution in [-0.2, 0) is 14.1 Å². The lowest BCUT2D eigenvalue weighted by molar-refractivity contribution is 0.0120. The van der Waals surface area contributed by atoms with Crippen molar-refractivity contribution in [1.82, 2.24) is 9.13 Å². The Bertz CT molecular complexity index is 1790. The Morgan fingerprint density at radius 1 is 0.806 bits per heavy atom. The van der Waals surface area contributed by atoms with Crippen LogP contribution >= 0.6 is 0 Å². The lowest BCUT2D eigenvalue weighted by Gasteiger charge is -2.53. The average molecular weight is 481 g/mol. The first-order chi connectivity index (χ1) is 17.1. The Labute approximate surface area is 208 Å². The van der Waals surface area contributed by atoms with Crippen LogP contribution in [0.1, 0.15) is 44.2 Å². The topological polar surface area (TPSA) is 62.5 Å². The number of aryl methyl sites for hydroxylation is 2. The number of hydrogen-bond donors (Lipinski definition) is 0. The van der Waals surface area contributed by atoms with Gasteiger partial charge in [0.1, 0.15) is 22.7 Å². The third-order valence-electron chi connectivity index (χ3n) is 8.48. The Balaban J connectivity index is 1.58. The van der Waals surface area contributed by atoms with E-state index in [4.69, 9.17) is 9.47 Å². The van der Waals surface area contributed by atoms with Crippen molar-refractivity contribution in [3.63, 3.8) is 0 Å². The molecule has 0 amide bonds. The van der Waals surface area contributed by atoms with Gasteiger partial charge in [0.15, 0.2) is 0 Å². The van der Waals surface area contributed by atoms with E-state index in [0.717, 1.165) is 27.4 Å². The zero-order valence-electron chi connectivity index (χ0n) is 21.1. The maximum atomic E-state index is 13.8. The van der Waals surface area contributed by atoms with Gasteiger partial charge in [-0.2, -0.15) is 0 Å². The van der Waals surface area contributed by atoms with Crippen molar-refractivity contribution < 1.29 is 9.47 Å². The highest BCUT2D eigenvalue weighted by Gasteiger charge is 2.55. The molecule has 4 heterocycles. The van der Waals surface area contributed by atoms with Crippen LogP contribution < -0.4 is 20.6 Å². The van der Waals surface area contributed by atoms with Gasteiger partial charge in [0, 0.05) is 36.7 Å². The first-order valence-corrected chi connectivity index (χ1v) is 12.5. The number of nitrogens with zero attached hydrogens (tertiary/aromatic N) is 2. The summed E-state index contributed by atoms with van der Waals surface area (Å²) in [7, 11) is 3.62. The van der Waals surface area contributed by atoms with E-state index in [1.807, 2.05) is 55.6 Å². The molecule has 0 spiro atoms. The summed E-state index contributed by atoms with van der Waals surface area (Å²) in [6, 6.07) is 15.7. The Hall–Kier alpha value is -3.80. The van der Waals surface area contributed by atoms with Gasteiger partial charge in [0.2, 0.25) is 0 Å². The maximum absolute atomic E-state index is 13.8. The summed E-state index contributed by atoms with van der Waals surface area (Å²) in [6.45, 7) is 6.21. The van der Waals surface area contributed by atoms with E-state index in [0.29, 0.717) is 29.0 Å². The van der Waals surface area contributed by atoms with Gasteiger partial charge in [-0.1, -0.05) is 24.3 Å². The van der Waals surface area contributed by atoms with Gasteiger partial charge in [-0.25, -0.2) is 0 Å². The third-order valence-corrected chi connectivity index (χ3v) is 8.48. The Kier molecular flexibility index (Phi) is 3.99. The van der Waals surface area contributed by atoms with Crippen LogP contribution in [0, 0.1) is 5.92 Å². The zero-order valence-corrected chi connectivity index (χ0v) is 21.1. The summed E-state index contributed by atoms with van der Waals surface area (Å²) < 4.78 is 16.8. The molecule has 6 heteroatoms. The Morgan fingerprint density at radius 2 is 1.39 bits per heavy atom. The van der Waals surface area contributed by atoms with Crippen molar-refractivity contribution in [3.05, 3.63) is 86.4 Å². The molecule has 36 heavy (non-hydrogen) atoms. The molecule has 2 bridgehead atoms. The first-order valence-electron chi connectivity index (χ1n) is 12.5. The molecule has 0 N–H and O–H groups in total. The van der Waals surface area contributed by atoms with E-state index in [9.17, 15) is 9.59 Å². The molecule has 0 saturated carbocycles. The van der Waals surface area contributed by atoms with Gasteiger partial charge < -0.3 is 18.6 Å².